The zero-order chi connectivity index (χ0) is 32.8. The summed E-state index contributed by atoms with van der Waals surface area (Å²) >= 11 is 12.6. The fourth-order valence-electron chi connectivity index (χ4n) is 5.69. The summed E-state index contributed by atoms with van der Waals surface area (Å²) in [5.41, 5.74) is 7.43. The molecule has 0 saturated carbocycles. The van der Waals surface area contributed by atoms with Gasteiger partial charge in [0.15, 0.2) is 11.6 Å². The van der Waals surface area contributed by atoms with Gasteiger partial charge in [-0.25, -0.2) is 0 Å². The Bertz CT molecular complexity index is 1750. The second-order valence-electron chi connectivity index (χ2n) is 13.8. The van der Waals surface area contributed by atoms with Crippen LogP contribution in [0.3, 0.4) is 0 Å². The van der Waals surface area contributed by atoms with Crippen LogP contribution in [0.25, 0.3) is 11.1 Å². The molecule has 2 aromatic carbocycles. The van der Waals surface area contributed by atoms with Crippen molar-refractivity contribution in [3.8, 4) is 0 Å². The zero-order valence-electron chi connectivity index (χ0n) is 27.1. The summed E-state index contributed by atoms with van der Waals surface area (Å²) in [4.78, 5) is 26.4. The molecule has 3 nitrogen and oxygen atoms in total. The molecule has 0 unspecified atom stereocenters. The summed E-state index contributed by atoms with van der Waals surface area (Å²) < 4.78 is 6.78. The van der Waals surface area contributed by atoms with E-state index < -0.39 is 0 Å². The van der Waals surface area contributed by atoms with Crippen molar-refractivity contribution in [3.05, 3.63) is 151 Å². The zero-order valence-corrected chi connectivity index (χ0v) is 28.6. The van der Waals surface area contributed by atoms with E-state index in [1.807, 2.05) is 140 Å². The SMILES string of the molecule is CC1=CC(=C(c2ccc(Cl)cc2)c2ccc(C(=C3C=C(C)C(=O)C(C(C)(C)C)=C3)c3ccc(Cl)cc3)o2)C=C(C(C)(C)C)C1=O. The topological polar surface area (TPSA) is 47.3 Å². The second-order valence-corrected chi connectivity index (χ2v) is 14.6. The molecule has 0 aliphatic heterocycles. The van der Waals surface area contributed by atoms with E-state index in [-0.39, 0.29) is 22.4 Å². The lowest BCUT2D eigenvalue weighted by molar-refractivity contribution is -0.113. The molecule has 0 atom stereocenters. The molecule has 230 valence electrons. The Balaban J connectivity index is 1.80. The van der Waals surface area contributed by atoms with Crippen molar-refractivity contribution in [2.24, 2.45) is 10.8 Å². The summed E-state index contributed by atoms with van der Waals surface area (Å²) in [5, 5.41) is 1.26. The maximum atomic E-state index is 13.2. The van der Waals surface area contributed by atoms with Crippen molar-refractivity contribution in [1.82, 2.24) is 0 Å². The number of allylic oxidation sites excluding steroid dienone is 10. The van der Waals surface area contributed by atoms with Crippen LogP contribution in [-0.4, -0.2) is 11.6 Å². The highest BCUT2D eigenvalue weighted by molar-refractivity contribution is 6.31. The van der Waals surface area contributed by atoms with Gasteiger partial charge in [-0.1, -0.05) is 89.0 Å². The Hall–Kier alpha value is -3.92. The van der Waals surface area contributed by atoms with Crippen LogP contribution in [0.2, 0.25) is 10.0 Å². The standard InChI is InChI=1S/C40H38Cl2O3/c1-23-19-27(21-31(37(23)43)39(3,4)5)35(25-9-13-29(41)14-10-25)33-17-18-34(45-33)36(26-11-15-30(42)16-12-26)28-20-24(2)38(44)32(22-28)40(6,7)8/h9-22H,1-8H3. The molecule has 5 rings (SSSR count). The van der Waals surface area contributed by atoms with Gasteiger partial charge in [0.2, 0.25) is 0 Å². The van der Waals surface area contributed by atoms with E-state index in [4.69, 9.17) is 27.6 Å². The first-order valence-corrected chi connectivity index (χ1v) is 15.8. The van der Waals surface area contributed by atoms with E-state index in [1.165, 1.54) is 0 Å². The minimum Gasteiger partial charge on any atom is -0.456 e. The van der Waals surface area contributed by atoms with Crippen LogP contribution >= 0.6 is 23.2 Å². The fourth-order valence-corrected chi connectivity index (χ4v) is 5.94. The number of furan rings is 1. The number of Topliss-reactive ketones (excluding diaryl/α,β-unsaturated/α-hetero) is 2. The van der Waals surface area contributed by atoms with E-state index in [1.54, 1.807) is 0 Å². The number of carbonyl (C=O) groups is 2. The van der Waals surface area contributed by atoms with E-state index in [9.17, 15) is 9.59 Å². The van der Waals surface area contributed by atoms with Gasteiger partial charge in [-0.3, -0.25) is 9.59 Å². The average Bonchev–Trinajstić information content (AvgIpc) is 3.42. The Labute approximate surface area is 276 Å². The predicted octanol–water partition coefficient (Wildman–Crippen LogP) is 11.2. The van der Waals surface area contributed by atoms with Gasteiger partial charge in [0.1, 0.15) is 11.5 Å². The predicted molar refractivity (Wildman–Crippen MR) is 186 cm³/mol. The van der Waals surface area contributed by atoms with Crippen molar-refractivity contribution in [2.75, 3.05) is 0 Å². The monoisotopic (exact) mass is 636 g/mol. The number of hydrogen-bond donors (Lipinski definition) is 0. The normalized spacial score (nSPS) is 18.3. The van der Waals surface area contributed by atoms with Crippen LogP contribution in [0.15, 0.2) is 123 Å². The van der Waals surface area contributed by atoms with Crippen molar-refractivity contribution in [3.63, 3.8) is 0 Å². The van der Waals surface area contributed by atoms with Crippen molar-refractivity contribution < 1.29 is 14.0 Å². The first kappa shape index (κ1) is 32.5. The van der Waals surface area contributed by atoms with Gasteiger partial charge in [0.25, 0.3) is 0 Å². The van der Waals surface area contributed by atoms with E-state index in [2.05, 4.69) is 0 Å². The van der Waals surface area contributed by atoms with Crippen LogP contribution in [0, 0.1) is 10.8 Å². The third-order valence-corrected chi connectivity index (χ3v) is 8.61. The highest BCUT2D eigenvalue weighted by Gasteiger charge is 2.31. The largest absolute Gasteiger partial charge is 0.456 e. The first-order chi connectivity index (χ1) is 21.0. The van der Waals surface area contributed by atoms with Gasteiger partial charge in [0.05, 0.1) is 0 Å². The van der Waals surface area contributed by atoms with Gasteiger partial charge in [-0.15, -0.1) is 0 Å². The third kappa shape index (κ3) is 6.71. The molecule has 2 aliphatic carbocycles. The van der Waals surface area contributed by atoms with Crippen LogP contribution in [0.1, 0.15) is 78.0 Å². The minimum absolute atomic E-state index is 0.0482. The first-order valence-electron chi connectivity index (χ1n) is 15.1. The van der Waals surface area contributed by atoms with Gasteiger partial charge in [-0.2, -0.15) is 0 Å². The molecule has 0 radical (unpaired) electrons. The van der Waals surface area contributed by atoms with Gasteiger partial charge >= 0.3 is 0 Å². The number of benzene rings is 2. The molecule has 1 heterocycles. The maximum Gasteiger partial charge on any atom is 0.185 e. The molecule has 0 saturated heterocycles. The molecule has 1 aromatic heterocycles. The number of ketones is 2. The maximum absolute atomic E-state index is 13.2. The lowest BCUT2D eigenvalue weighted by atomic mass is 9.77. The summed E-state index contributed by atoms with van der Waals surface area (Å²) in [6.07, 6.45) is 7.83. The molecule has 0 N–H and O–H groups in total. The molecule has 0 spiro atoms. The molecule has 3 aromatic rings. The number of carbonyl (C=O) groups excluding carboxylic acids is 2. The van der Waals surface area contributed by atoms with E-state index >= 15 is 0 Å². The van der Waals surface area contributed by atoms with Crippen LogP contribution in [0.5, 0.6) is 0 Å². The molecule has 0 bridgehead atoms. The van der Waals surface area contributed by atoms with E-state index in [0.717, 1.165) is 44.6 Å². The Morgan fingerprint density at radius 3 is 1.18 bits per heavy atom. The van der Waals surface area contributed by atoms with Crippen molar-refractivity contribution >= 4 is 45.9 Å². The average molecular weight is 638 g/mol. The summed E-state index contributed by atoms with van der Waals surface area (Å²) in [6.45, 7) is 16.0. The summed E-state index contributed by atoms with van der Waals surface area (Å²) in [5.74, 6) is 1.38. The lowest BCUT2D eigenvalue weighted by Gasteiger charge is -2.26. The lowest BCUT2D eigenvalue weighted by Crippen LogP contribution is -2.21. The number of rotatable bonds is 4. The molecule has 2 aliphatic rings. The summed E-state index contributed by atoms with van der Waals surface area (Å²) in [6, 6.07) is 19.2. The fraction of sp³-hybridized carbons (Fsp3) is 0.250. The third-order valence-electron chi connectivity index (χ3n) is 8.11. The van der Waals surface area contributed by atoms with Crippen molar-refractivity contribution in [1.29, 1.82) is 0 Å². The van der Waals surface area contributed by atoms with E-state index in [0.29, 0.717) is 32.7 Å². The molecular weight excluding hydrogens is 599 g/mol. The molecule has 45 heavy (non-hydrogen) atoms. The Kier molecular flexibility index (Phi) is 8.74. The molecule has 0 amide bonds. The second kappa shape index (κ2) is 12.1. The molecule has 5 heteroatoms. The highest BCUT2D eigenvalue weighted by atomic mass is 35.5. The number of hydrogen-bond acceptors (Lipinski definition) is 3. The van der Waals surface area contributed by atoms with Crippen molar-refractivity contribution in [2.45, 2.75) is 55.4 Å². The van der Waals surface area contributed by atoms with Gasteiger partial charge in [0, 0.05) is 32.3 Å². The van der Waals surface area contributed by atoms with Crippen LogP contribution < -0.4 is 0 Å². The summed E-state index contributed by atoms with van der Waals surface area (Å²) in [7, 11) is 0. The van der Waals surface area contributed by atoms with Crippen LogP contribution in [-0.2, 0) is 9.59 Å². The minimum atomic E-state index is -0.344. The Morgan fingerprint density at radius 2 is 0.867 bits per heavy atom. The molecule has 0 fully saturated rings. The smallest absolute Gasteiger partial charge is 0.185 e. The highest BCUT2D eigenvalue weighted by Crippen LogP contribution is 2.41. The van der Waals surface area contributed by atoms with Gasteiger partial charge in [-0.05, 0) is 119 Å². The van der Waals surface area contributed by atoms with Gasteiger partial charge < -0.3 is 4.42 Å². The van der Waals surface area contributed by atoms with Crippen LogP contribution in [0.4, 0.5) is 0 Å². The molecular formula is C40H38Cl2O3. The Morgan fingerprint density at radius 1 is 0.533 bits per heavy atom. The number of halogens is 2. The quantitative estimate of drug-likeness (QED) is 0.286.